The van der Waals surface area contributed by atoms with E-state index in [1.807, 2.05) is 24.8 Å². The highest BCUT2D eigenvalue weighted by Gasteiger charge is 2.33. The van der Waals surface area contributed by atoms with Gasteiger partial charge < -0.3 is 20.1 Å². The van der Waals surface area contributed by atoms with Gasteiger partial charge in [-0.25, -0.2) is 0 Å². The van der Waals surface area contributed by atoms with E-state index in [1.54, 1.807) is 6.07 Å². The standard InChI is InChI=1S/C18H24N2O4/c1-18(2)11-12-5-6-13(15(22)16(12)24-18)17(23)19-8-7-14(21)20-9-3-4-10-20/h5-6,22H,3-4,7-11H2,1-2H3,(H,19,23). The highest BCUT2D eigenvalue weighted by Crippen LogP contribution is 2.43. The molecule has 1 aromatic rings. The van der Waals surface area contributed by atoms with Gasteiger partial charge in [-0.05, 0) is 32.8 Å². The van der Waals surface area contributed by atoms with Gasteiger partial charge >= 0.3 is 0 Å². The number of rotatable bonds is 4. The van der Waals surface area contributed by atoms with Crippen molar-refractivity contribution in [2.45, 2.75) is 45.1 Å². The minimum absolute atomic E-state index is 0.0658. The van der Waals surface area contributed by atoms with Crippen molar-refractivity contribution in [1.29, 1.82) is 0 Å². The lowest BCUT2D eigenvalue weighted by atomic mass is 10.0. The molecule has 6 nitrogen and oxygen atoms in total. The van der Waals surface area contributed by atoms with E-state index < -0.39 is 5.91 Å². The lowest BCUT2D eigenvalue weighted by Gasteiger charge is -2.17. The van der Waals surface area contributed by atoms with Gasteiger partial charge in [0.1, 0.15) is 5.60 Å². The summed E-state index contributed by atoms with van der Waals surface area (Å²) in [6, 6.07) is 3.42. The number of aromatic hydroxyl groups is 1. The van der Waals surface area contributed by atoms with Gasteiger partial charge in [-0.2, -0.15) is 0 Å². The zero-order chi connectivity index (χ0) is 17.3. The molecule has 0 aliphatic carbocycles. The van der Waals surface area contributed by atoms with Crippen LogP contribution in [0, 0.1) is 0 Å². The Morgan fingerprint density at radius 3 is 2.71 bits per heavy atom. The van der Waals surface area contributed by atoms with Crippen molar-refractivity contribution < 1.29 is 19.4 Å². The quantitative estimate of drug-likeness (QED) is 0.882. The summed E-state index contributed by atoms with van der Waals surface area (Å²) < 4.78 is 5.74. The first kappa shape index (κ1) is 16.6. The summed E-state index contributed by atoms with van der Waals surface area (Å²) in [6.07, 6.45) is 3.08. The molecule has 1 saturated heterocycles. The molecule has 2 heterocycles. The molecular formula is C18H24N2O4. The molecule has 3 rings (SSSR count). The van der Waals surface area contributed by atoms with Crippen LogP contribution in [0.2, 0.25) is 0 Å². The molecule has 1 fully saturated rings. The second kappa shape index (κ2) is 6.34. The van der Waals surface area contributed by atoms with E-state index >= 15 is 0 Å². The Morgan fingerprint density at radius 1 is 1.29 bits per heavy atom. The first-order valence-corrected chi connectivity index (χ1v) is 8.47. The van der Waals surface area contributed by atoms with Crippen molar-refractivity contribution in [1.82, 2.24) is 10.2 Å². The largest absolute Gasteiger partial charge is 0.504 e. The Bertz CT molecular complexity index is 663. The maximum Gasteiger partial charge on any atom is 0.255 e. The molecule has 0 atom stereocenters. The van der Waals surface area contributed by atoms with Crippen molar-refractivity contribution in [2.24, 2.45) is 0 Å². The molecule has 2 aliphatic rings. The van der Waals surface area contributed by atoms with E-state index in [2.05, 4.69) is 5.32 Å². The van der Waals surface area contributed by atoms with Crippen LogP contribution in [0.25, 0.3) is 0 Å². The highest BCUT2D eigenvalue weighted by molar-refractivity contribution is 5.98. The zero-order valence-electron chi connectivity index (χ0n) is 14.2. The SMILES string of the molecule is CC1(C)Cc2ccc(C(=O)NCCC(=O)N3CCCC3)c(O)c2O1. The van der Waals surface area contributed by atoms with Crippen molar-refractivity contribution >= 4 is 11.8 Å². The van der Waals surface area contributed by atoms with Crippen LogP contribution in [0.3, 0.4) is 0 Å². The van der Waals surface area contributed by atoms with Gasteiger partial charge in [-0.1, -0.05) is 6.07 Å². The number of fused-ring (bicyclic) bond motifs is 1. The number of likely N-dealkylation sites (tertiary alicyclic amines) is 1. The number of hydrogen-bond acceptors (Lipinski definition) is 4. The van der Waals surface area contributed by atoms with Gasteiger partial charge in [0.15, 0.2) is 11.5 Å². The van der Waals surface area contributed by atoms with Gasteiger partial charge in [-0.3, -0.25) is 9.59 Å². The average molecular weight is 332 g/mol. The molecule has 2 aliphatic heterocycles. The van der Waals surface area contributed by atoms with E-state index in [-0.39, 0.29) is 35.8 Å². The molecular weight excluding hydrogens is 308 g/mol. The fourth-order valence-electron chi connectivity index (χ4n) is 3.32. The van der Waals surface area contributed by atoms with E-state index in [4.69, 9.17) is 4.74 Å². The smallest absolute Gasteiger partial charge is 0.255 e. The van der Waals surface area contributed by atoms with Crippen molar-refractivity contribution in [3.8, 4) is 11.5 Å². The molecule has 0 bridgehead atoms. The second-order valence-corrected chi connectivity index (χ2v) is 7.08. The lowest BCUT2D eigenvalue weighted by Crippen LogP contribution is -2.32. The summed E-state index contributed by atoms with van der Waals surface area (Å²) in [7, 11) is 0. The fraction of sp³-hybridized carbons (Fsp3) is 0.556. The van der Waals surface area contributed by atoms with Crippen molar-refractivity contribution in [3.05, 3.63) is 23.3 Å². The maximum atomic E-state index is 12.3. The van der Waals surface area contributed by atoms with Crippen LogP contribution in [0.4, 0.5) is 0 Å². The second-order valence-electron chi connectivity index (χ2n) is 7.08. The number of benzene rings is 1. The van der Waals surface area contributed by atoms with Crippen LogP contribution in [0.1, 0.15) is 49.0 Å². The van der Waals surface area contributed by atoms with Gasteiger partial charge in [0, 0.05) is 38.0 Å². The Morgan fingerprint density at radius 2 is 2.00 bits per heavy atom. The number of phenols is 1. The first-order valence-electron chi connectivity index (χ1n) is 8.47. The van der Waals surface area contributed by atoms with Gasteiger partial charge in [0.2, 0.25) is 5.91 Å². The third-order valence-corrected chi connectivity index (χ3v) is 4.54. The predicted molar refractivity (Wildman–Crippen MR) is 89.3 cm³/mol. The molecule has 0 aromatic heterocycles. The van der Waals surface area contributed by atoms with Crippen LogP contribution < -0.4 is 10.1 Å². The molecule has 2 amide bonds. The van der Waals surface area contributed by atoms with Crippen LogP contribution in [-0.2, 0) is 11.2 Å². The molecule has 24 heavy (non-hydrogen) atoms. The summed E-state index contributed by atoms with van der Waals surface area (Å²) in [4.78, 5) is 26.1. The molecule has 6 heteroatoms. The Labute approximate surface area is 141 Å². The van der Waals surface area contributed by atoms with E-state index in [0.29, 0.717) is 12.2 Å². The van der Waals surface area contributed by atoms with Crippen LogP contribution >= 0.6 is 0 Å². The zero-order valence-corrected chi connectivity index (χ0v) is 14.2. The number of hydrogen-bond donors (Lipinski definition) is 2. The molecule has 130 valence electrons. The monoisotopic (exact) mass is 332 g/mol. The van der Waals surface area contributed by atoms with Crippen LogP contribution in [0.5, 0.6) is 11.5 Å². The number of carbonyl (C=O) groups excluding carboxylic acids is 2. The van der Waals surface area contributed by atoms with E-state index in [0.717, 1.165) is 31.5 Å². The first-order chi connectivity index (χ1) is 11.4. The van der Waals surface area contributed by atoms with Gasteiger partial charge in [-0.15, -0.1) is 0 Å². The summed E-state index contributed by atoms with van der Waals surface area (Å²) in [6.45, 7) is 5.76. The number of carbonyl (C=O) groups is 2. The lowest BCUT2D eigenvalue weighted by molar-refractivity contribution is -0.129. The fourth-order valence-corrected chi connectivity index (χ4v) is 3.32. The molecule has 0 spiro atoms. The molecule has 0 unspecified atom stereocenters. The number of amides is 2. The molecule has 0 saturated carbocycles. The summed E-state index contributed by atoms with van der Waals surface area (Å²) in [5.74, 6) is -0.0591. The third-order valence-electron chi connectivity index (χ3n) is 4.54. The molecule has 0 radical (unpaired) electrons. The maximum absolute atomic E-state index is 12.3. The van der Waals surface area contributed by atoms with Gasteiger partial charge in [0.25, 0.3) is 5.91 Å². The number of nitrogens with zero attached hydrogens (tertiary/aromatic N) is 1. The Balaban J connectivity index is 1.59. The topological polar surface area (TPSA) is 78.9 Å². The van der Waals surface area contributed by atoms with E-state index in [1.165, 1.54) is 0 Å². The van der Waals surface area contributed by atoms with Crippen LogP contribution in [0.15, 0.2) is 12.1 Å². The summed E-state index contributed by atoms with van der Waals surface area (Å²) in [5.41, 5.74) is 0.704. The highest BCUT2D eigenvalue weighted by atomic mass is 16.5. The third kappa shape index (κ3) is 3.32. The summed E-state index contributed by atoms with van der Waals surface area (Å²) in [5, 5.41) is 13.0. The Kier molecular flexibility index (Phi) is 4.39. The predicted octanol–water partition coefficient (Wildman–Crippen LogP) is 1.85. The van der Waals surface area contributed by atoms with Crippen molar-refractivity contribution in [2.75, 3.05) is 19.6 Å². The molecule has 2 N–H and O–H groups in total. The van der Waals surface area contributed by atoms with Gasteiger partial charge in [0.05, 0.1) is 5.56 Å². The van der Waals surface area contributed by atoms with Crippen LogP contribution in [-0.4, -0.2) is 47.1 Å². The molecule has 1 aromatic carbocycles. The van der Waals surface area contributed by atoms with Crippen molar-refractivity contribution in [3.63, 3.8) is 0 Å². The Hall–Kier alpha value is -2.24. The minimum Gasteiger partial charge on any atom is -0.504 e. The number of phenolic OH excluding ortho intramolecular Hbond substituents is 1. The minimum atomic E-state index is -0.391. The normalized spacial score (nSPS) is 18.2. The summed E-state index contributed by atoms with van der Waals surface area (Å²) >= 11 is 0. The average Bonchev–Trinajstić information content (AvgIpc) is 3.14. The van der Waals surface area contributed by atoms with E-state index in [9.17, 15) is 14.7 Å². The number of nitrogens with one attached hydrogen (secondary N) is 1. The number of ether oxygens (including phenoxy) is 1.